The maximum Gasteiger partial charge on any atom is 0.254 e. The van der Waals surface area contributed by atoms with Crippen molar-refractivity contribution >= 4 is 11.7 Å². The van der Waals surface area contributed by atoms with Crippen LogP contribution in [0.3, 0.4) is 0 Å². The average Bonchev–Trinajstić information content (AvgIpc) is 2.44. The molecule has 104 valence electrons. The Balaban J connectivity index is 2.97. The Kier molecular flexibility index (Phi) is 5.17. The molecule has 19 heavy (non-hydrogen) atoms. The monoisotopic (exact) mass is 265 g/mol. The molecule has 0 saturated carbocycles. The zero-order valence-electron chi connectivity index (χ0n) is 11.4. The number of methoxy groups -OCH3 is 1. The number of likely N-dealkylation sites (N-methyl/N-ethyl adjacent to an activating group) is 1. The number of amides is 1. The third kappa shape index (κ3) is 3.61. The van der Waals surface area contributed by atoms with Crippen LogP contribution in [-0.2, 0) is 0 Å². The Hall–Kier alpha value is -2.24. The number of hydrogen-bond donors (Lipinski definition) is 2. The van der Waals surface area contributed by atoms with Crippen LogP contribution >= 0.6 is 0 Å². The minimum Gasteiger partial charge on any atom is -0.496 e. The SMILES string of the molecule is CCN(CC(N)=NO)C(=O)c1ccc(C)c(OC)c1. The molecule has 0 bridgehead atoms. The zero-order chi connectivity index (χ0) is 14.4. The van der Waals surface area contributed by atoms with Crippen molar-refractivity contribution in [3.05, 3.63) is 29.3 Å². The van der Waals surface area contributed by atoms with Crippen molar-refractivity contribution in [2.75, 3.05) is 20.2 Å². The first-order valence-corrected chi connectivity index (χ1v) is 5.93. The molecule has 1 aromatic carbocycles. The smallest absolute Gasteiger partial charge is 0.254 e. The fourth-order valence-electron chi connectivity index (χ4n) is 1.69. The molecule has 0 aliphatic carbocycles. The Bertz CT molecular complexity index is 486. The zero-order valence-corrected chi connectivity index (χ0v) is 11.4. The van der Waals surface area contributed by atoms with Gasteiger partial charge < -0.3 is 20.6 Å². The molecule has 0 aliphatic rings. The molecule has 6 nitrogen and oxygen atoms in total. The van der Waals surface area contributed by atoms with Crippen LogP contribution in [0.1, 0.15) is 22.8 Å². The van der Waals surface area contributed by atoms with Gasteiger partial charge in [-0.15, -0.1) is 0 Å². The average molecular weight is 265 g/mol. The quantitative estimate of drug-likeness (QED) is 0.362. The number of ether oxygens (including phenoxy) is 1. The molecular weight excluding hydrogens is 246 g/mol. The van der Waals surface area contributed by atoms with E-state index in [1.54, 1.807) is 19.2 Å². The second kappa shape index (κ2) is 6.63. The molecule has 0 unspecified atom stereocenters. The molecule has 0 aliphatic heterocycles. The van der Waals surface area contributed by atoms with Gasteiger partial charge in [-0.3, -0.25) is 4.79 Å². The summed E-state index contributed by atoms with van der Waals surface area (Å²) >= 11 is 0. The number of carbonyl (C=O) groups excluding carboxylic acids is 1. The molecule has 0 spiro atoms. The fourth-order valence-corrected chi connectivity index (χ4v) is 1.69. The van der Waals surface area contributed by atoms with E-state index < -0.39 is 0 Å². The van der Waals surface area contributed by atoms with Crippen LogP contribution in [0.25, 0.3) is 0 Å². The van der Waals surface area contributed by atoms with Gasteiger partial charge in [0.15, 0.2) is 5.84 Å². The lowest BCUT2D eigenvalue weighted by atomic mass is 10.1. The summed E-state index contributed by atoms with van der Waals surface area (Å²) in [7, 11) is 1.56. The van der Waals surface area contributed by atoms with Crippen molar-refractivity contribution in [2.24, 2.45) is 10.9 Å². The number of hydrogen-bond acceptors (Lipinski definition) is 4. The van der Waals surface area contributed by atoms with E-state index >= 15 is 0 Å². The highest BCUT2D eigenvalue weighted by atomic mass is 16.5. The summed E-state index contributed by atoms with van der Waals surface area (Å²) in [4.78, 5) is 13.8. The summed E-state index contributed by atoms with van der Waals surface area (Å²) in [6.07, 6.45) is 0. The number of amidine groups is 1. The number of oxime groups is 1. The van der Waals surface area contributed by atoms with E-state index in [9.17, 15) is 4.79 Å². The maximum absolute atomic E-state index is 12.3. The van der Waals surface area contributed by atoms with Crippen molar-refractivity contribution in [2.45, 2.75) is 13.8 Å². The summed E-state index contributed by atoms with van der Waals surface area (Å²) in [6, 6.07) is 5.24. The number of nitrogens with two attached hydrogens (primary N) is 1. The van der Waals surface area contributed by atoms with E-state index in [0.29, 0.717) is 17.9 Å². The first-order chi connectivity index (χ1) is 9.03. The molecule has 3 N–H and O–H groups in total. The Morgan fingerprint density at radius 1 is 1.53 bits per heavy atom. The third-order valence-corrected chi connectivity index (χ3v) is 2.81. The first kappa shape index (κ1) is 14.8. The second-order valence-electron chi connectivity index (χ2n) is 4.10. The van der Waals surface area contributed by atoms with E-state index in [2.05, 4.69) is 5.16 Å². The third-order valence-electron chi connectivity index (χ3n) is 2.81. The van der Waals surface area contributed by atoms with Gasteiger partial charge in [0, 0.05) is 12.1 Å². The number of benzene rings is 1. The van der Waals surface area contributed by atoms with E-state index in [-0.39, 0.29) is 18.3 Å². The molecule has 0 radical (unpaired) electrons. The number of nitrogens with zero attached hydrogens (tertiary/aromatic N) is 2. The van der Waals surface area contributed by atoms with E-state index in [0.717, 1.165) is 5.56 Å². The van der Waals surface area contributed by atoms with Gasteiger partial charge >= 0.3 is 0 Å². The first-order valence-electron chi connectivity index (χ1n) is 5.93. The van der Waals surface area contributed by atoms with Crippen LogP contribution in [0, 0.1) is 6.92 Å². The van der Waals surface area contributed by atoms with E-state index in [1.165, 1.54) is 4.90 Å². The normalized spacial score (nSPS) is 11.2. The van der Waals surface area contributed by atoms with Crippen molar-refractivity contribution in [3.63, 3.8) is 0 Å². The maximum atomic E-state index is 12.3. The van der Waals surface area contributed by atoms with Crippen LogP contribution in [0.15, 0.2) is 23.4 Å². The minimum absolute atomic E-state index is 0.00530. The van der Waals surface area contributed by atoms with Gasteiger partial charge in [0.1, 0.15) is 5.75 Å². The van der Waals surface area contributed by atoms with Gasteiger partial charge in [0.25, 0.3) is 5.91 Å². The van der Waals surface area contributed by atoms with Crippen LogP contribution in [0.4, 0.5) is 0 Å². The predicted octanol–water partition coefficient (Wildman–Crippen LogP) is 1.21. The highest BCUT2D eigenvalue weighted by Crippen LogP contribution is 2.19. The summed E-state index contributed by atoms with van der Waals surface area (Å²) in [6.45, 7) is 4.28. The van der Waals surface area contributed by atoms with Crippen molar-refractivity contribution < 1.29 is 14.7 Å². The highest BCUT2D eigenvalue weighted by Gasteiger charge is 2.16. The summed E-state index contributed by atoms with van der Waals surface area (Å²) in [5, 5.41) is 11.4. The molecule has 1 rings (SSSR count). The summed E-state index contributed by atoms with van der Waals surface area (Å²) in [5.41, 5.74) is 6.89. The molecule has 0 saturated heterocycles. The molecular formula is C13H19N3O3. The summed E-state index contributed by atoms with van der Waals surface area (Å²) in [5.74, 6) is 0.465. The van der Waals surface area contributed by atoms with Gasteiger partial charge in [-0.05, 0) is 31.5 Å². The van der Waals surface area contributed by atoms with Crippen LogP contribution < -0.4 is 10.5 Å². The van der Waals surface area contributed by atoms with Crippen LogP contribution in [0.5, 0.6) is 5.75 Å². The molecule has 1 amide bonds. The topological polar surface area (TPSA) is 88.1 Å². The summed E-state index contributed by atoms with van der Waals surface area (Å²) < 4.78 is 5.19. The van der Waals surface area contributed by atoms with Crippen molar-refractivity contribution in [3.8, 4) is 5.75 Å². The van der Waals surface area contributed by atoms with Gasteiger partial charge in [0.2, 0.25) is 0 Å². The Morgan fingerprint density at radius 3 is 2.74 bits per heavy atom. The van der Waals surface area contributed by atoms with Crippen molar-refractivity contribution in [1.82, 2.24) is 4.90 Å². The van der Waals surface area contributed by atoms with E-state index in [4.69, 9.17) is 15.7 Å². The molecule has 0 heterocycles. The number of aryl methyl sites for hydroxylation is 1. The molecule has 0 fully saturated rings. The van der Waals surface area contributed by atoms with Crippen molar-refractivity contribution in [1.29, 1.82) is 0 Å². The minimum atomic E-state index is -0.188. The van der Waals surface area contributed by atoms with E-state index in [1.807, 2.05) is 19.9 Å². The van der Waals surface area contributed by atoms with Crippen LogP contribution in [-0.4, -0.2) is 42.0 Å². The molecule has 0 atom stereocenters. The van der Waals surface area contributed by atoms with Crippen LogP contribution in [0.2, 0.25) is 0 Å². The predicted molar refractivity (Wildman–Crippen MR) is 72.7 cm³/mol. The van der Waals surface area contributed by atoms with Gasteiger partial charge in [-0.25, -0.2) is 0 Å². The lowest BCUT2D eigenvalue weighted by Crippen LogP contribution is -2.38. The highest BCUT2D eigenvalue weighted by molar-refractivity contribution is 5.97. The lowest BCUT2D eigenvalue weighted by molar-refractivity contribution is 0.0786. The standard InChI is InChI=1S/C13H19N3O3/c1-4-16(8-12(14)15-18)13(17)10-6-5-9(2)11(7-10)19-3/h5-7,18H,4,8H2,1-3H3,(H2,14,15). The van der Waals surface area contributed by atoms with Gasteiger partial charge in [-0.1, -0.05) is 11.2 Å². The number of carbonyl (C=O) groups is 1. The molecule has 6 heteroatoms. The van der Waals surface area contributed by atoms with Gasteiger partial charge in [-0.2, -0.15) is 0 Å². The molecule has 0 aromatic heterocycles. The Labute approximate surface area is 112 Å². The Morgan fingerprint density at radius 2 is 2.21 bits per heavy atom. The van der Waals surface area contributed by atoms with Gasteiger partial charge in [0.05, 0.1) is 13.7 Å². The largest absolute Gasteiger partial charge is 0.496 e. The lowest BCUT2D eigenvalue weighted by Gasteiger charge is -2.20. The fraction of sp³-hybridized carbons (Fsp3) is 0.385. The number of rotatable bonds is 5. The second-order valence-corrected chi connectivity index (χ2v) is 4.10. The molecule has 1 aromatic rings.